The van der Waals surface area contributed by atoms with Crippen molar-refractivity contribution in [2.45, 2.75) is 0 Å². The van der Waals surface area contributed by atoms with Crippen LogP contribution in [-0.2, 0) is 0 Å². The Bertz CT molecular complexity index is 550. The Labute approximate surface area is 111 Å². The Hall–Kier alpha value is -1.11. The minimum atomic E-state index is 0.667. The molecule has 2 aromatic carbocycles. The van der Waals surface area contributed by atoms with Gasteiger partial charge in [-0.05, 0) is 29.8 Å². The van der Waals surface area contributed by atoms with Gasteiger partial charge in [-0.15, -0.1) is 0 Å². The summed E-state index contributed by atoms with van der Waals surface area (Å²) in [6.45, 7) is 0. The van der Waals surface area contributed by atoms with Crippen molar-refractivity contribution < 1.29 is 0 Å². The molecule has 0 heterocycles. The molecule has 0 spiro atoms. The van der Waals surface area contributed by atoms with Gasteiger partial charge >= 0.3 is 0 Å². The van der Waals surface area contributed by atoms with Gasteiger partial charge in [-0.25, -0.2) is 0 Å². The first-order valence-corrected chi connectivity index (χ1v) is 6.25. The molecule has 0 aliphatic carbocycles. The van der Waals surface area contributed by atoms with Gasteiger partial charge in [-0.3, -0.25) is 0 Å². The largest absolute Gasteiger partial charge is 0.192 e. The number of benzene rings is 2. The van der Waals surface area contributed by atoms with Gasteiger partial charge in [0.1, 0.15) is 0 Å². The molecule has 2 rings (SSSR count). The van der Waals surface area contributed by atoms with E-state index in [-0.39, 0.29) is 0 Å². The summed E-state index contributed by atoms with van der Waals surface area (Å²) in [6.07, 6.45) is 0. The smallest absolute Gasteiger partial charge is 0.0991 e. The highest BCUT2D eigenvalue weighted by molar-refractivity contribution is 9.11. The van der Waals surface area contributed by atoms with E-state index in [0.29, 0.717) is 5.56 Å². The average molecular weight is 337 g/mol. The molecule has 1 nitrogen and oxygen atoms in total. The van der Waals surface area contributed by atoms with Gasteiger partial charge < -0.3 is 0 Å². The van der Waals surface area contributed by atoms with Crippen LogP contribution in [0.3, 0.4) is 0 Å². The topological polar surface area (TPSA) is 23.8 Å². The lowest BCUT2D eigenvalue weighted by Gasteiger charge is -2.07. The minimum absolute atomic E-state index is 0.667. The summed E-state index contributed by atoms with van der Waals surface area (Å²) in [5.74, 6) is 0. The third-order valence-corrected chi connectivity index (χ3v) is 3.56. The molecule has 0 aliphatic heterocycles. The molecule has 16 heavy (non-hydrogen) atoms. The van der Waals surface area contributed by atoms with Gasteiger partial charge in [0.05, 0.1) is 11.6 Å². The molecule has 2 aromatic rings. The fourth-order valence-electron chi connectivity index (χ4n) is 1.52. The van der Waals surface area contributed by atoms with Crippen LogP contribution in [0, 0.1) is 11.3 Å². The van der Waals surface area contributed by atoms with E-state index in [1.54, 1.807) is 6.07 Å². The summed E-state index contributed by atoms with van der Waals surface area (Å²) in [7, 11) is 0. The molecular weight excluding hydrogens is 330 g/mol. The summed E-state index contributed by atoms with van der Waals surface area (Å²) in [4.78, 5) is 0. The maximum absolute atomic E-state index is 8.87. The van der Waals surface area contributed by atoms with Crippen LogP contribution in [0.2, 0.25) is 0 Å². The predicted molar refractivity (Wildman–Crippen MR) is 72.0 cm³/mol. The van der Waals surface area contributed by atoms with Gasteiger partial charge in [0.15, 0.2) is 0 Å². The highest BCUT2D eigenvalue weighted by Gasteiger charge is 2.07. The van der Waals surface area contributed by atoms with Crippen molar-refractivity contribution in [3.05, 3.63) is 57.0 Å². The molecule has 78 valence electrons. The molecule has 0 fully saturated rings. The maximum atomic E-state index is 8.87. The molecule has 3 heteroatoms. The molecule has 0 aliphatic rings. The monoisotopic (exact) mass is 335 g/mol. The van der Waals surface area contributed by atoms with Gasteiger partial charge in [-0.2, -0.15) is 5.26 Å². The molecular formula is C13H7Br2N. The van der Waals surface area contributed by atoms with Crippen LogP contribution in [-0.4, -0.2) is 0 Å². The summed E-state index contributed by atoms with van der Waals surface area (Å²) in [5, 5.41) is 8.87. The van der Waals surface area contributed by atoms with Crippen LogP contribution in [0.25, 0.3) is 11.1 Å². The molecule has 0 saturated carbocycles. The molecule has 0 unspecified atom stereocenters. The first-order valence-electron chi connectivity index (χ1n) is 4.67. The highest BCUT2D eigenvalue weighted by Crippen LogP contribution is 2.35. The molecule has 0 N–H and O–H groups in total. The van der Waals surface area contributed by atoms with E-state index >= 15 is 0 Å². The first kappa shape index (κ1) is 11.4. The number of nitrogens with zero attached hydrogens (tertiary/aromatic N) is 1. The van der Waals surface area contributed by atoms with Crippen molar-refractivity contribution >= 4 is 31.9 Å². The lowest BCUT2D eigenvalue weighted by atomic mass is 10.0. The van der Waals surface area contributed by atoms with Gasteiger partial charge in [0, 0.05) is 14.5 Å². The molecule has 0 saturated heterocycles. The number of nitriles is 1. The second-order valence-corrected chi connectivity index (χ2v) is 5.00. The van der Waals surface area contributed by atoms with Crippen LogP contribution < -0.4 is 0 Å². The Morgan fingerprint density at radius 3 is 2.19 bits per heavy atom. The normalized spacial score (nSPS) is 9.81. The van der Waals surface area contributed by atoms with Crippen molar-refractivity contribution in [2.24, 2.45) is 0 Å². The fraction of sp³-hybridized carbons (Fsp3) is 0. The standard InChI is InChI=1S/C13H7Br2N/c14-11-5-2-6-12(15)13(11)10-4-1-3-9(7-10)8-16/h1-7H. The zero-order chi connectivity index (χ0) is 11.5. The molecule has 0 aromatic heterocycles. The SMILES string of the molecule is N#Cc1cccc(-c2c(Br)cccc2Br)c1. The van der Waals surface area contributed by atoms with Gasteiger partial charge in [0.25, 0.3) is 0 Å². The van der Waals surface area contributed by atoms with Crippen molar-refractivity contribution in [2.75, 3.05) is 0 Å². The fourth-order valence-corrected chi connectivity index (χ4v) is 2.97. The van der Waals surface area contributed by atoms with E-state index in [9.17, 15) is 0 Å². The average Bonchev–Trinajstić information content (AvgIpc) is 2.29. The van der Waals surface area contributed by atoms with Crippen molar-refractivity contribution in [3.63, 3.8) is 0 Å². The quantitative estimate of drug-likeness (QED) is 0.737. The Morgan fingerprint density at radius 2 is 1.56 bits per heavy atom. The zero-order valence-corrected chi connectivity index (χ0v) is 11.4. The Kier molecular flexibility index (Phi) is 3.42. The second-order valence-electron chi connectivity index (χ2n) is 3.29. The van der Waals surface area contributed by atoms with Gasteiger partial charge in [-0.1, -0.05) is 50.1 Å². The Balaban J connectivity index is 2.64. The zero-order valence-electron chi connectivity index (χ0n) is 8.24. The summed E-state index contributed by atoms with van der Waals surface area (Å²) >= 11 is 7.03. The summed E-state index contributed by atoms with van der Waals surface area (Å²) < 4.78 is 2.02. The Morgan fingerprint density at radius 1 is 0.938 bits per heavy atom. The number of rotatable bonds is 1. The lowest BCUT2D eigenvalue weighted by Crippen LogP contribution is -1.83. The minimum Gasteiger partial charge on any atom is -0.192 e. The molecule has 0 atom stereocenters. The van der Waals surface area contributed by atoms with E-state index in [2.05, 4.69) is 37.9 Å². The van der Waals surface area contributed by atoms with Crippen LogP contribution >= 0.6 is 31.9 Å². The van der Waals surface area contributed by atoms with Crippen molar-refractivity contribution in [1.82, 2.24) is 0 Å². The number of hydrogen-bond donors (Lipinski definition) is 0. The van der Waals surface area contributed by atoms with Crippen LogP contribution in [0.5, 0.6) is 0 Å². The maximum Gasteiger partial charge on any atom is 0.0991 e. The van der Waals surface area contributed by atoms with Crippen LogP contribution in [0.15, 0.2) is 51.4 Å². The summed E-state index contributed by atoms with van der Waals surface area (Å²) in [5.41, 5.74) is 2.76. The predicted octanol–water partition coefficient (Wildman–Crippen LogP) is 4.75. The van der Waals surface area contributed by atoms with Crippen LogP contribution in [0.4, 0.5) is 0 Å². The first-order chi connectivity index (χ1) is 7.72. The van der Waals surface area contributed by atoms with Crippen LogP contribution in [0.1, 0.15) is 5.56 Å². The van der Waals surface area contributed by atoms with Crippen molar-refractivity contribution in [1.29, 1.82) is 5.26 Å². The van der Waals surface area contributed by atoms with E-state index in [0.717, 1.165) is 20.1 Å². The highest BCUT2D eigenvalue weighted by atomic mass is 79.9. The third-order valence-electron chi connectivity index (χ3n) is 2.24. The van der Waals surface area contributed by atoms with E-state index < -0.39 is 0 Å². The van der Waals surface area contributed by atoms with Gasteiger partial charge in [0.2, 0.25) is 0 Å². The van der Waals surface area contributed by atoms with E-state index in [4.69, 9.17) is 5.26 Å². The lowest BCUT2D eigenvalue weighted by molar-refractivity contribution is 1.47. The van der Waals surface area contributed by atoms with E-state index in [1.807, 2.05) is 36.4 Å². The van der Waals surface area contributed by atoms with E-state index in [1.165, 1.54) is 0 Å². The summed E-state index contributed by atoms with van der Waals surface area (Å²) in [6, 6.07) is 15.6. The van der Waals surface area contributed by atoms with Crippen molar-refractivity contribution in [3.8, 4) is 17.2 Å². The second kappa shape index (κ2) is 4.82. The number of halogens is 2. The number of hydrogen-bond acceptors (Lipinski definition) is 1. The molecule has 0 amide bonds. The molecule has 0 radical (unpaired) electrons. The third kappa shape index (κ3) is 2.18. The molecule has 0 bridgehead atoms.